The number of imidazole rings is 1. The minimum atomic E-state index is -0.570. The van der Waals surface area contributed by atoms with Gasteiger partial charge in [0.15, 0.2) is 0 Å². The van der Waals surface area contributed by atoms with Gasteiger partial charge in [-0.3, -0.25) is 9.69 Å². The van der Waals surface area contributed by atoms with Crippen LogP contribution in [0, 0.1) is 0 Å². The molecule has 3 aromatic rings. The number of carbonyl (C=O) groups is 2. The van der Waals surface area contributed by atoms with Crippen molar-refractivity contribution in [3.63, 3.8) is 0 Å². The zero-order valence-electron chi connectivity index (χ0n) is 18.9. The van der Waals surface area contributed by atoms with Crippen molar-refractivity contribution in [3.8, 4) is 0 Å². The molecule has 2 aliphatic rings. The molecule has 0 radical (unpaired) electrons. The van der Waals surface area contributed by atoms with Crippen LogP contribution in [0.3, 0.4) is 0 Å². The Morgan fingerprint density at radius 1 is 1.12 bits per heavy atom. The van der Waals surface area contributed by atoms with Gasteiger partial charge < -0.3 is 19.2 Å². The highest BCUT2D eigenvalue weighted by Gasteiger charge is 2.39. The van der Waals surface area contributed by atoms with Crippen LogP contribution in [0.1, 0.15) is 52.5 Å². The topological polar surface area (TPSA) is 96.3 Å². The van der Waals surface area contributed by atoms with Crippen LogP contribution in [-0.4, -0.2) is 72.6 Å². The van der Waals surface area contributed by atoms with Gasteiger partial charge in [0.05, 0.1) is 18.0 Å². The maximum Gasteiger partial charge on any atom is 0.410 e. The van der Waals surface area contributed by atoms with Gasteiger partial charge in [-0.25, -0.2) is 14.8 Å². The van der Waals surface area contributed by atoms with Crippen molar-refractivity contribution >= 4 is 34.1 Å². The fourth-order valence-electron chi connectivity index (χ4n) is 4.95. The molecule has 0 saturated carbocycles. The number of aromatic nitrogens is 4. The first kappa shape index (κ1) is 20.8. The Hall–Kier alpha value is -3.10. The summed E-state index contributed by atoms with van der Waals surface area (Å²) in [4.78, 5) is 41.5. The molecule has 1 atom stereocenters. The molecule has 2 fully saturated rings. The zero-order valence-corrected chi connectivity index (χ0v) is 18.9. The number of aromatic amines is 1. The van der Waals surface area contributed by atoms with Crippen LogP contribution in [-0.2, 0) is 9.53 Å². The first-order valence-electron chi connectivity index (χ1n) is 11.4. The molecule has 0 spiro atoms. The number of H-pyrrole nitrogens is 1. The molecule has 1 N–H and O–H groups in total. The van der Waals surface area contributed by atoms with Crippen LogP contribution < -0.4 is 0 Å². The summed E-state index contributed by atoms with van der Waals surface area (Å²) in [5.74, 6) is 0.0412. The van der Waals surface area contributed by atoms with E-state index in [-0.39, 0.29) is 11.9 Å². The highest BCUT2D eigenvalue weighted by Crippen LogP contribution is 2.31. The van der Waals surface area contributed by atoms with E-state index in [2.05, 4.69) is 19.5 Å². The third kappa shape index (κ3) is 3.69. The highest BCUT2D eigenvalue weighted by atomic mass is 16.6. The summed E-state index contributed by atoms with van der Waals surface area (Å²) in [6.45, 7) is 7.45. The molecule has 2 aliphatic heterocycles. The van der Waals surface area contributed by atoms with E-state index < -0.39 is 17.7 Å². The quantitative estimate of drug-likeness (QED) is 0.661. The molecule has 9 heteroatoms. The normalized spacial score (nSPS) is 20.4. The molecule has 2 saturated heterocycles. The Morgan fingerprint density at radius 2 is 1.91 bits per heavy atom. The molecule has 0 aromatic carbocycles. The van der Waals surface area contributed by atoms with Crippen LogP contribution in [0.15, 0.2) is 24.8 Å². The summed E-state index contributed by atoms with van der Waals surface area (Å²) in [5, 5.41) is 1.07. The predicted octanol–water partition coefficient (Wildman–Crippen LogP) is 3.48. The summed E-state index contributed by atoms with van der Waals surface area (Å²) >= 11 is 0. The molecule has 0 bridgehead atoms. The zero-order chi connectivity index (χ0) is 22.5. The Labute approximate surface area is 186 Å². The first-order chi connectivity index (χ1) is 15.3. The minimum absolute atomic E-state index is 0.0412. The van der Waals surface area contributed by atoms with E-state index in [9.17, 15) is 9.59 Å². The van der Waals surface area contributed by atoms with Gasteiger partial charge in [0.25, 0.3) is 0 Å². The van der Waals surface area contributed by atoms with Gasteiger partial charge in [-0.1, -0.05) is 0 Å². The average Bonchev–Trinajstić information content (AvgIpc) is 3.50. The van der Waals surface area contributed by atoms with E-state index in [1.54, 1.807) is 11.1 Å². The molecular weight excluding hydrogens is 408 g/mol. The van der Waals surface area contributed by atoms with Crippen molar-refractivity contribution in [2.24, 2.45) is 0 Å². The molecule has 170 valence electrons. The van der Waals surface area contributed by atoms with Gasteiger partial charge in [0.2, 0.25) is 5.91 Å². The summed E-state index contributed by atoms with van der Waals surface area (Å²) in [6.07, 6.45) is 8.42. The average molecular weight is 439 g/mol. The number of carbonyl (C=O) groups excluding carboxylic acids is 2. The van der Waals surface area contributed by atoms with Crippen LogP contribution in [0.2, 0.25) is 0 Å². The number of likely N-dealkylation sites (tertiary alicyclic amines) is 2. The van der Waals surface area contributed by atoms with Crippen LogP contribution in [0.5, 0.6) is 0 Å². The Balaban J connectivity index is 1.28. The highest BCUT2D eigenvalue weighted by molar-refractivity contribution is 6.01. The van der Waals surface area contributed by atoms with Crippen LogP contribution in [0.25, 0.3) is 22.1 Å². The monoisotopic (exact) mass is 438 g/mol. The van der Waals surface area contributed by atoms with E-state index in [0.717, 1.165) is 41.3 Å². The molecule has 5 rings (SSSR count). The largest absolute Gasteiger partial charge is 0.444 e. The van der Waals surface area contributed by atoms with Gasteiger partial charge >= 0.3 is 6.09 Å². The van der Waals surface area contributed by atoms with Crippen molar-refractivity contribution in [2.75, 3.05) is 19.6 Å². The maximum atomic E-state index is 13.3. The van der Waals surface area contributed by atoms with Gasteiger partial charge in [-0.15, -0.1) is 0 Å². The number of nitrogens with one attached hydrogen (secondary N) is 1. The fraction of sp³-hybridized carbons (Fsp3) is 0.565. The number of nitrogens with zero attached hydrogens (tertiary/aromatic N) is 5. The number of pyridine rings is 1. The number of amides is 2. The second-order valence-corrected chi connectivity index (χ2v) is 9.77. The summed E-state index contributed by atoms with van der Waals surface area (Å²) in [5.41, 5.74) is 2.26. The Bertz CT molecular complexity index is 1150. The van der Waals surface area contributed by atoms with Gasteiger partial charge in [0, 0.05) is 37.3 Å². The van der Waals surface area contributed by atoms with Gasteiger partial charge in [-0.05, 0) is 52.5 Å². The van der Waals surface area contributed by atoms with E-state index >= 15 is 0 Å². The molecule has 32 heavy (non-hydrogen) atoms. The number of fused-ring (bicyclic) bond motifs is 3. The number of hydrogen-bond acceptors (Lipinski definition) is 5. The molecule has 2 amide bonds. The minimum Gasteiger partial charge on any atom is -0.444 e. The summed E-state index contributed by atoms with van der Waals surface area (Å²) < 4.78 is 7.76. The SMILES string of the molecule is CC(C)(C)OC(=O)N1CCCC1C(=O)N1CCC(n2cnc3cnc4[nH]ccc4c32)CC1. The second kappa shape index (κ2) is 7.79. The molecule has 9 nitrogen and oxygen atoms in total. The van der Waals surface area contributed by atoms with Crippen molar-refractivity contribution in [3.05, 3.63) is 24.8 Å². The second-order valence-electron chi connectivity index (χ2n) is 9.77. The van der Waals surface area contributed by atoms with Crippen molar-refractivity contribution in [2.45, 2.75) is 64.1 Å². The van der Waals surface area contributed by atoms with E-state index in [1.165, 1.54) is 0 Å². The van der Waals surface area contributed by atoms with Crippen molar-refractivity contribution < 1.29 is 14.3 Å². The Morgan fingerprint density at radius 3 is 2.66 bits per heavy atom. The lowest BCUT2D eigenvalue weighted by atomic mass is 10.0. The summed E-state index contributed by atoms with van der Waals surface area (Å²) in [6, 6.07) is 1.89. The lowest BCUT2D eigenvalue weighted by Gasteiger charge is -2.36. The fourth-order valence-corrected chi connectivity index (χ4v) is 4.95. The predicted molar refractivity (Wildman–Crippen MR) is 120 cm³/mol. The van der Waals surface area contributed by atoms with E-state index in [0.29, 0.717) is 26.1 Å². The van der Waals surface area contributed by atoms with Crippen LogP contribution >= 0.6 is 0 Å². The van der Waals surface area contributed by atoms with Crippen LogP contribution in [0.4, 0.5) is 4.79 Å². The Kier molecular flexibility index (Phi) is 5.06. The number of piperidine rings is 1. The third-order valence-electron chi connectivity index (χ3n) is 6.45. The summed E-state index contributed by atoms with van der Waals surface area (Å²) in [7, 11) is 0. The van der Waals surface area contributed by atoms with E-state index in [1.807, 2.05) is 44.3 Å². The van der Waals surface area contributed by atoms with Gasteiger partial charge in [-0.2, -0.15) is 0 Å². The van der Waals surface area contributed by atoms with Crippen molar-refractivity contribution in [1.29, 1.82) is 0 Å². The molecule has 0 aliphatic carbocycles. The number of ether oxygens (including phenoxy) is 1. The molecule has 5 heterocycles. The standard InChI is InChI=1S/C23H30N6O3/c1-23(2,3)32-22(31)28-10-4-5-18(28)21(30)27-11-7-15(8-12-27)29-14-26-17-13-25-20-16(19(17)29)6-9-24-20/h6,9,13-15,18H,4-5,7-8,10-12H2,1-3H3,(H,24,25). The van der Waals surface area contributed by atoms with Gasteiger partial charge in [0.1, 0.15) is 22.8 Å². The van der Waals surface area contributed by atoms with Crippen molar-refractivity contribution in [1.82, 2.24) is 29.3 Å². The number of rotatable bonds is 2. The molecular formula is C23H30N6O3. The first-order valence-corrected chi connectivity index (χ1v) is 11.4. The third-order valence-corrected chi connectivity index (χ3v) is 6.45. The van der Waals surface area contributed by atoms with E-state index in [4.69, 9.17) is 4.74 Å². The smallest absolute Gasteiger partial charge is 0.410 e. The number of hydrogen-bond donors (Lipinski definition) is 1. The lowest BCUT2D eigenvalue weighted by molar-refractivity contribution is -0.137. The lowest BCUT2D eigenvalue weighted by Crippen LogP contribution is -2.51. The maximum absolute atomic E-state index is 13.3. The molecule has 3 aromatic heterocycles. The molecule has 1 unspecified atom stereocenters.